The van der Waals surface area contributed by atoms with Crippen LogP contribution in [0.25, 0.3) is 33.1 Å². The fourth-order valence-electron chi connectivity index (χ4n) is 3.00. The Morgan fingerprint density at radius 3 is 2.44 bits per heavy atom. The van der Waals surface area contributed by atoms with Gasteiger partial charge in [0, 0.05) is 11.5 Å². The van der Waals surface area contributed by atoms with Gasteiger partial charge in [-0.15, -0.1) is 0 Å². The molecule has 27 heavy (non-hydrogen) atoms. The number of fused-ring (bicyclic) bond motifs is 2. The molecule has 0 bridgehead atoms. The summed E-state index contributed by atoms with van der Waals surface area (Å²) < 4.78 is 2.04. The minimum atomic E-state index is -1.75. The number of nitriles is 1. The summed E-state index contributed by atoms with van der Waals surface area (Å²) in [7, 11) is 1.99. The minimum Gasteiger partial charge on any atom is -0.356 e. The number of hydrogen-bond donors (Lipinski definition) is 0. The van der Waals surface area contributed by atoms with Crippen molar-refractivity contribution in [2.75, 3.05) is 0 Å². The summed E-state index contributed by atoms with van der Waals surface area (Å²) in [4.78, 5) is 13.0. The summed E-state index contributed by atoms with van der Waals surface area (Å²) in [6, 6.07) is 22.3. The van der Waals surface area contributed by atoms with Crippen molar-refractivity contribution in [2.24, 2.45) is 7.05 Å². The normalized spacial score (nSPS) is 10.1. The van der Waals surface area contributed by atoms with E-state index in [9.17, 15) is 5.26 Å². The highest BCUT2D eigenvalue weighted by molar-refractivity contribution is 5.90. The Balaban J connectivity index is 0.000000481. The molecule has 0 atom stereocenters. The van der Waals surface area contributed by atoms with E-state index in [1.54, 1.807) is 0 Å². The number of pyridine rings is 2. The van der Waals surface area contributed by atoms with Crippen LogP contribution in [0.15, 0.2) is 66.9 Å². The number of aryl methyl sites for hydroxylation is 1. The van der Waals surface area contributed by atoms with Crippen LogP contribution < -0.4 is 4.57 Å². The Labute approximate surface area is 154 Å². The molecule has 4 aromatic rings. The summed E-state index contributed by atoms with van der Waals surface area (Å²) in [5.41, 5.74) is 4.32. The molecular formula is C20H14N4O3. The summed E-state index contributed by atoms with van der Waals surface area (Å²) in [5, 5.41) is 26.5. The predicted molar refractivity (Wildman–Crippen MR) is 101 cm³/mol. The molecule has 4 rings (SSSR count). The van der Waals surface area contributed by atoms with E-state index < -0.39 is 5.09 Å². The van der Waals surface area contributed by atoms with Crippen LogP contribution in [-0.4, -0.2) is 10.1 Å². The third-order valence-corrected chi connectivity index (χ3v) is 4.13. The molecule has 0 saturated heterocycles. The molecule has 7 heteroatoms. The fraction of sp³-hybridized carbons (Fsp3) is 0.0500. The van der Waals surface area contributed by atoms with E-state index >= 15 is 0 Å². The topological polar surface area (TPSA) is 107 Å². The maximum absolute atomic E-state index is 9.69. The van der Waals surface area contributed by atoms with Gasteiger partial charge in [0.05, 0.1) is 32.8 Å². The second-order valence-corrected chi connectivity index (χ2v) is 5.77. The molecule has 0 aliphatic heterocycles. The first-order chi connectivity index (χ1) is 13.0. The van der Waals surface area contributed by atoms with Crippen molar-refractivity contribution in [3.05, 3.63) is 87.7 Å². The van der Waals surface area contributed by atoms with Gasteiger partial charge in [-0.05, 0) is 18.2 Å². The van der Waals surface area contributed by atoms with Gasteiger partial charge < -0.3 is 15.3 Å². The average Bonchev–Trinajstić information content (AvgIpc) is 2.67. The van der Waals surface area contributed by atoms with E-state index in [0.29, 0.717) is 5.56 Å². The van der Waals surface area contributed by atoms with Crippen LogP contribution in [0.4, 0.5) is 0 Å². The SMILES string of the molecule is C[n+]1cc(-c2ccc3ccccc3n2)c(C#N)c2ccccc21.O=[N+]([O-])[O-]. The summed E-state index contributed by atoms with van der Waals surface area (Å²) >= 11 is 0. The first-order valence-electron chi connectivity index (χ1n) is 8.00. The lowest BCUT2D eigenvalue weighted by atomic mass is 10.0. The van der Waals surface area contributed by atoms with Gasteiger partial charge in [-0.1, -0.05) is 36.4 Å². The fourth-order valence-corrected chi connectivity index (χ4v) is 3.00. The second kappa shape index (κ2) is 7.45. The zero-order valence-electron chi connectivity index (χ0n) is 14.4. The molecule has 0 fully saturated rings. The van der Waals surface area contributed by atoms with Crippen LogP contribution in [0.1, 0.15) is 5.56 Å². The van der Waals surface area contributed by atoms with Gasteiger partial charge in [-0.2, -0.15) is 5.26 Å². The van der Waals surface area contributed by atoms with Gasteiger partial charge in [0.2, 0.25) is 5.52 Å². The minimum absolute atomic E-state index is 0.668. The Bertz CT molecular complexity index is 1190. The molecule has 0 amide bonds. The summed E-state index contributed by atoms with van der Waals surface area (Å²) in [6.45, 7) is 0. The average molecular weight is 358 g/mol. The van der Waals surface area contributed by atoms with Crippen LogP contribution in [0.3, 0.4) is 0 Å². The first-order valence-corrected chi connectivity index (χ1v) is 8.00. The molecule has 2 heterocycles. The maximum Gasteiger partial charge on any atom is 0.213 e. The molecule has 0 saturated carbocycles. The largest absolute Gasteiger partial charge is 0.356 e. The zero-order valence-corrected chi connectivity index (χ0v) is 14.4. The standard InChI is InChI=1S/C20H14N3.NO3/c1-23-13-17(16(12-21)15-7-3-5-9-20(15)23)19-11-10-14-6-2-4-8-18(14)22-19;2-1(3)4/h2-11,13H,1H3;/q+1;-1. The molecule has 2 aromatic carbocycles. The molecule has 0 unspecified atom stereocenters. The van der Waals surface area contributed by atoms with Crippen LogP contribution in [0.5, 0.6) is 0 Å². The van der Waals surface area contributed by atoms with Crippen molar-refractivity contribution < 1.29 is 9.65 Å². The highest BCUT2D eigenvalue weighted by Crippen LogP contribution is 2.27. The van der Waals surface area contributed by atoms with Crippen LogP contribution in [0.2, 0.25) is 0 Å². The lowest BCUT2D eigenvalue weighted by Gasteiger charge is -2.07. The van der Waals surface area contributed by atoms with Crippen molar-refractivity contribution in [3.8, 4) is 17.3 Å². The van der Waals surface area contributed by atoms with Crippen LogP contribution >= 0.6 is 0 Å². The van der Waals surface area contributed by atoms with E-state index in [1.165, 1.54) is 0 Å². The van der Waals surface area contributed by atoms with Gasteiger partial charge in [0.15, 0.2) is 6.20 Å². The van der Waals surface area contributed by atoms with E-state index in [0.717, 1.165) is 33.1 Å². The molecule has 2 aromatic heterocycles. The van der Waals surface area contributed by atoms with E-state index in [4.69, 9.17) is 20.3 Å². The first kappa shape index (κ1) is 17.8. The number of rotatable bonds is 1. The number of benzene rings is 2. The Hall–Kier alpha value is -4.05. The van der Waals surface area contributed by atoms with Crippen molar-refractivity contribution in [1.82, 2.24) is 4.98 Å². The van der Waals surface area contributed by atoms with Crippen molar-refractivity contribution in [2.45, 2.75) is 0 Å². The lowest BCUT2D eigenvalue weighted by Crippen LogP contribution is -2.29. The van der Waals surface area contributed by atoms with Crippen LogP contribution in [-0.2, 0) is 7.05 Å². The highest BCUT2D eigenvalue weighted by Gasteiger charge is 2.17. The zero-order chi connectivity index (χ0) is 19.4. The monoisotopic (exact) mass is 358 g/mol. The Morgan fingerprint density at radius 1 is 1.04 bits per heavy atom. The highest BCUT2D eigenvalue weighted by atomic mass is 16.9. The van der Waals surface area contributed by atoms with E-state index in [2.05, 4.69) is 6.07 Å². The van der Waals surface area contributed by atoms with E-state index in [-0.39, 0.29) is 0 Å². The van der Waals surface area contributed by atoms with Gasteiger partial charge >= 0.3 is 0 Å². The number of nitrogens with zero attached hydrogens (tertiary/aromatic N) is 4. The molecular weight excluding hydrogens is 344 g/mol. The molecule has 0 N–H and O–H groups in total. The third kappa shape index (κ3) is 3.65. The Kier molecular flexibility index (Phi) is 4.90. The van der Waals surface area contributed by atoms with Crippen molar-refractivity contribution in [3.63, 3.8) is 0 Å². The number of hydrogen-bond acceptors (Lipinski definition) is 5. The summed E-state index contributed by atoms with van der Waals surface area (Å²) in [5.74, 6) is 0. The molecule has 0 aliphatic rings. The molecule has 0 aliphatic carbocycles. The second-order valence-electron chi connectivity index (χ2n) is 5.77. The quantitative estimate of drug-likeness (QED) is 0.294. The van der Waals surface area contributed by atoms with Crippen molar-refractivity contribution >= 4 is 21.8 Å². The Morgan fingerprint density at radius 2 is 1.70 bits per heavy atom. The lowest BCUT2D eigenvalue weighted by molar-refractivity contribution is -0.644. The maximum atomic E-state index is 9.69. The van der Waals surface area contributed by atoms with Crippen molar-refractivity contribution in [1.29, 1.82) is 5.26 Å². The van der Waals surface area contributed by atoms with Gasteiger partial charge in [-0.3, -0.25) is 0 Å². The smallest absolute Gasteiger partial charge is 0.213 e. The molecule has 0 radical (unpaired) electrons. The number of para-hydroxylation sites is 2. The van der Waals surface area contributed by atoms with Crippen LogP contribution in [0, 0.1) is 26.7 Å². The molecule has 7 nitrogen and oxygen atoms in total. The number of aromatic nitrogens is 2. The predicted octanol–water partition coefficient (Wildman–Crippen LogP) is 3.51. The summed E-state index contributed by atoms with van der Waals surface area (Å²) in [6.07, 6.45) is 1.98. The third-order valence-electron chi connectivity index (χ3n) is 4.13. The molecule has 0 spiro atoms. The van der Waals surface area contributed by atoms with E-state index in [1.807, 2.05) is 78.5 Å². The van der Waals surface area contributed by atoms with Gasteiger partial charge in [0.1, 0.15) is 13.1 Å². The van der Waals surface area contributed by atoms with Gasteiger partial charge in [0.25, 0.3) is 0 Å². The molecule has 132 valence electrons. The van der Waals surface area contributed by atoms with Gasteiger partial charge in [-0.25, -0.2) is 9.55 Å².